The van der Waals surface area contributed by atoms with Crippen LogP contribution < -0.4 is 0 Å². The number of nitrogens with zero attached hydrogens (tertiary/aromatic N) is 1. The van der Waals surface area contributed by atoms with E-state index in [0.717, 1.165) is 0 Å². The third-order valence-electron chi connectivity index (χ3n) is 1.44. The normalized spacial score (nSPS) is 8.80. The third kappa shape index (κ3) is 12.1. The molecule has 1 aromatic rings. The molecular formula is C9H14N2O4. The number of hydrogen-bond donors (Lipinski definition) is 3. The fraction of sp³-hybridized carbons (Fsp3) is 0.444. The number of imidazole rings is 1. The molecule has 3 N–H and O–H groups in total. The highest BCUT2D eigenvalue weighted by Crippen LogP contribution is 1.98. The Balaban J connectivity index is 0.000000322. The smallest absolute Gasteiger partial charge is 0.303 e. The van der Waals surface area contributed by atoms with E-state index in [0.29, 0.717) is 12.8 Å². The zero-order valence-corrected chi connectivity index (χ0v) is 8.22. The van der Waals surface area contributed by atoms with Gasteiger partial charge in [-0.2, -0.15) is 0 Å². The molecule has 84 valence electrons. The number of aromatic amines is 1. The summed E-state index contributed by atoms with van der Waals surface area (Å²) in [6.07, 6.45) is 6.10. The van der Waals surface area contributed by atoms with Crippen LogP contribution in [0.25, 0.3) is 0 Å². The number of nitrogens with one attached hydrogen (secondary N) is 1. The van der Waals surface area contributed by atoms with Crippen LogP contribution >= 0.6 is 0 Å². The van der Waals surface area contributed by atoms with E-state index in [9.17, 15) is 9.59 Å². The van der Waals surface area contributed by atoms with Gasteiger partial charge in [0.1, 0.15) is 0 Å². The molecule has 15 heavy (non-hydrogen) atoms. The number of aliphatic carboxylic acids is 2. The topological polar surface area (TPSA) is 103 Å². The largest absolute Gasteiger partial charge is 0.481 e. The van der Waals surface area contributed by atoms with E-state index < -0.39 is 11.9 Å². The van der Waals surface area contributed by atoms with Gasteiger partial charge in [-0.05, 0) is 12.8 Å². The van der Waals surface area contributed by atoms with Crippen LogP contribution in [0.1, 0.15) is 25.7 Å². The highest BCUT2D eigenvalue weighted by atomic mass is 16.4. The number of hydrogen-bond acceptors (Lipinski definition) is 3. The van der Waals surface area contributed by atoms with Gasteiger partial charge in [0.15, 0.2) is 0 Å². The van der Waals surface area contributed by atoms with Crippen molar-refractivity contribution in [3.63, 3.8) is 0 Å². The lowest BCUT2D eigenvalue weighted by atomic mass is 10.2. The summed E-state index contributed by atoms with van der Waals surface area (Å²) in [5.41, 5.74) is 0. The van der Waals surface area contributed by atoms with Crippen LogP contribution in [0.4, 0.5) is 0 Å². The first-order valence-electron chi connectivity index (χ1n) is 4.49. The minimum atomic E-state index is -0.870. The molecule has 0 spiro atoms. The fourth-order valence-electron chi connectivity index (χ4n) is 0.768. The molecule has 1 heterocycles. The highest BCUT2D eigenvalue weighted by molar-refractivity contribution is 5.67. The SMILES string of the molecule is O=C(O)CCCCC(=O)O.c1c[nH]cn1. The van der Waals surface area contributed by atoms with Crippen molar-refractivity contribution in [3.8, 4) is 0 Å². The van der Waals surface area contributed by atoms with Gasteiger partial charge in [0.2, 0.25) is 0 Å². The Morgan fingerprint density at radius 3 is 1.87 bits per heavy atom. The van der Waals surface area contributed by atoms with Crippen molar-refractivity contribution in [1.29, 1.82) is 0 Å². The molecule has 0 unspecified atom stereocenters. The van der Waals surface area contributed by atoms with Gasteiger partial charge in [0.05, 0.1) is 6.33 Å². The molecule has 1 aromatic heterocycles. The monoisotopic (exact) mass is 214 g/mol. The Bertz CT molecular complexity index is 238. The summed E-state index contributed by atoms with van der Waals surface area (Å²) in [4.78, 5) is 26.2. The van der Waals surface area contributed by atoms with Crippen LogP contribution in [0.2, 0.25) is 0 Å². The number of carboxylic acid groups (broad SMARTS) is 2. The molecule has 1 rings (SSSR count). The van der Waals surface area contributed by atoms with Crippen molar-refractivity contribution in [2.45, 2.75) is 25.7 Å². The lowest BCUT2D eigenvalue weighted by Crippen LogP contribution is -1.97. The van der Waals surface area contributed by atoms with Crippen LogP contribution in [0.3, 0.4) is 0 Å². The highest BCUT2D eigenvalue weighted by Gasteiger charge is 1.99. The second-order valence-electron chi connectivity index (χ2n) is 2.76. The van der Waals surface area contributed by atoms with Crippen molar-refractivity contribution in [3.05, 3.63) is 18.7 Å². The summed E-state index contributed by atoms with van der Waals surface area (Å²) in [6, 6.07) is 0. The van der Waals surface area contributed by atoms with Crippen LogP contribution in [0.5, 0.6) is 0 Å². The van der Waals surface area contributed by atoms with Gasteiger partial charge >= 0.3 is 11.9 Å². The summed E-state index contributed by atoms with van der Waals surface area (Å²) >= 11 is 0. The lowest BCUT2D eigenvalue weighted by Gasteiger charge is -1.92. The fourth-order valence-corrected chi connectivity index (χ4v) is 0.768. The molecule has 0 saturated heterocycles. The van der Waals surface area contributed by atoms with E-state index in [2.05, 4.69) is 9.97 Å². The first kappa shape index (κ1) is 13.2. The molecule has 6 heteroatoms. The zero-order chi connectivity index (χ0) is 11.5. The van der Waals surface area contributed by atoms with Gasteiger partial charge in [-0.3, -0.25) is 9.59 Å². The Hall–Kier alpha value is -1.85. The van der Waals surface area contributed by atoms with E-state index in [1.807, 2.05) is 0 Å². The summed E-state index contributed by atoms with van der Waals surface area (Å²) in [6.45, 7) is 0. The van der Waals surface area contributed by atoms with Gasteiger partial charge in [0, 0.05) is 25.2 Å². The van der Waals surface area contributed by atoms with Gasteiger partial charge in [-0.25, -0.2) is 4.98 Å². The molecule has 0 radical (unpaired) electrons. The van der Waals surface area contributed by atoms with Gasteiger partial charge in [0.25, 0.3) is 0 Å². The van der Waals surface area contributed by atoms with Crippen molar-refractivity contribution in [2.75, 3.05) is 0 Å². The molecule has 0 atom stereocenters. The van der Waals surface area contributed by atoms with Crippen molar-refractivity contribution in [2.24, 2.45) is 0 Å². The van der Waals surface area contributed by atoms with Crippen LogP contribution in [-0.2, 0) is 9.59 Å². The molecule has 0 aromatic carbocycles. The molecule has 6 nitrogen and oxygen atoms in total. The Morgan fingerprint density at radius 2 is 1.67 bits per heavy atom. The van der Waals surface area contributed by atoms with E-state index >= 15 is 0 Å². The zero-order valence-electron chi connectivity index (χ0n) is 8.22. The van der Waals surface area contributed by atoms with Crippen molar-refractivity contribution in [1.82, 2.24) is 9.97 Å². The minimum absolute atomic E-state index is 0.0628. The molecule has 0 bridgehead atoms. The van der Waals surface area contributed by atoms with Crippen LogP contribution in [-0.4, -0.2) is 32.1 Å². The number of rotatable bonds is 5. The average Bonchev–Trinajstić information content (AvgIpc) is 2.69. The predicted molar refractivity (Wildman–Crippen MR) is 52.3 cm³/mol. The van der Waals surface area contributed by atoms with Crippen LogP contribution in [0, 0.1) is 0 Å². The molecule has 0 aliphatic rings. The Kier molecular flexibility index (Phi) is 7.66. The summed E-state index contributed by atoms with van der Waals surface area (Å²) in [5, 5.41) is 16.3. The van der Waals surface area contributed by atoms with Crippen molar-refractivity contribution >= 4 is 11.9 Å². The van der Waals surface area contributed by atoms with E-state index in [-0.39, 0.29) is 12.8 Å². The Labute approximate surface area is 87.0 Å². The lowest BCUT2D eigenvalue weighted by molar-refractivity contribution is -0.139. The van der Waals surface area contributed by atoms with Crippen LogP contribution in [0.15, 0.2) is 18.7 Å². The molecule has 0 saturated carbocycles. The quantitative estimate of drug-likeness (QED) is 0.637. The number of H-pyrrole nitrogens is 1. The third-order valence-corrected chi connectivity index (χ3v) is 1.44. The number of unbranched alkanes of at least 4 members (excludes halogenated alkanes) is 1. The van der Waals surface area contributed by atoms with E-state index in [1.54, 1.807) is 18.7 Å². The summed E-state index contributed by atoms with van der Waals surface area (Å²) < 4.78 is 0. The van der Waals surface area contributed by atoms with Gasteiger partial charge in [-0.15, -0.1) is 0 Å². The number of carbonyl (C=O) groups is 2. The van der Waals surface area contributed by atoms with E-state index in [4.69, 9.17) is 10.2 Å². The van der Waals surface area contributed by atoms with E-state index in [1.165, 1.54) is 0 Å². The molecule has 0 aliphatic carbocycles. The maximum Gasteiger partial charge on any atom is 0.303 e. The minimum Gasteiger partial charge on any atom is -0.481 e. The van der Waals surface area contributed by atoms with Crippen molar-refractivity contribution < 1.29 is 19.8 Å². The Morgan fingerprint density at radius 1 is 1.13 bits per heavy atom. The predicted octanol–water partition coefficient (Wildman–Crippen LogP) is 1.13. The second-order valence-corrected chi connectivity index (χ2v) is 2.76. The first-order valence-corrected chi connectivity index (χ1v) is 4.49. The molecular weight excluding hydrogens is 200 g/mol. The first-order chi connectivity index (χ1) is 7.13. The number of carboxylic acids is 2. The second kappa shape index (κ2) is 8.74. The molecule has 0 aliphatic heterocycles. The van der Waals surface area contributed by atoms with Gasteiger partial charge < -0.3 is 15.2 Å². The summed E-state index contributed by atoms with van der Waals surface area (Å²) in [5.74, 6) is -1.74. The van der Waals surface area contributed by atoms with Gasteiger partial charge in [-0.1, -0.05) is 0 Å². The maximum absolute atomic E-state index is 9.90. The summed E-state index contributed by atoms with van der Waals surface area (Å²) in [7, 11) is 0. The molecule has 0 fully saturated rings. The standard InChI is InChI=1S/C6H10O4.C3H4N2/c7-5(8)3-1-2-4-6(9)10;1-2-5-3-4-1/h1-4H2,(H,7,8)(H,9,10);1-3H,(H,4,5). The number of aromatic nitrogens is 2. The molecule has 0 amide bonds. The maximum atomic E-state index is 9.90. The average molecular weight is 214 g/mol.